The second-order valence-electron chi connectivity index (χ2n) is 11.0. The average Bonchev–Trinajstić information content (AvgIpc) is 3.20. The Labute approximate surface area is 257 Å². The van der Waals surface area contributed by atoms with Crippen LogP contribution in [-0.2, 0) is 29.1 Å². The van der Waals surface area contributed by atoms with E-state index in [1.807, 2.05) is 61.2 Å². The van der Waals surface area contributed by atoms with Crippen molar-refractivity contribution in [2.24, 2.45) is 10.7 Å². The van der Waals surface area contributed by atoms with Gasteiger partial charge in [0, 0.05) is 54.9 Å². The second kappa shape index (κ2) is 14.0. The zero-order valence-electron chi connectivity index (χ0n) is 25.2. The van der Waals surface area contributed by atoms with Crippen LogP contribution in [0.25, 0.3) is 6.08 Å². The van der Waals surface area contributed by atoms with Crippen LogP contribution in [0.2, 0.25) is 0 Å². The molecule has 5 rings (SSSR count). The fourth-order valence-electron chi connectivity index (χ4n) is 5.39. The Kier molecular flexibility index (Phi) is 9.69. The predicted octanol–water partition coefficient (Wildman–Crippen LogP) is 5.45. The molecule has 0 aliphatic carbocycles. The van der Waals surface area contributed by atoms with Crippen molar-refractivity contribution in [3.05, 3.63) is 94.3 Å². The number of nitrogens with two attached hydrogens (primary N) is 1. The molecule has 2 aromatic carbocycles. The van der Waals surface area contributed by atoms with E-state index in [0.29, 0.717) is 60.9 Å². The van der Waals surface area contributed by atoms with Gasteiger partial charge in [-0.15, -0.1) is 0 Å². The molecule has 0 saturated heterocycles. The number of hydrogen-bond acceptors (Lipinski definition) is 7. The molecule has 2 aliphatic heterocycles. The first-order chi connectivity index (χ1) is 21.3. The molecule has 3 aromatic rings. The van der Waals surface area contributed by atoms with E-state index in [4.69, 9.17) is 10.5 Å². The zero-order chi connectivity index (χ0) is 31.1. The molecule has 10 heteroatoms. The van der Waals surface area contributed by atoms with Crippen molar-refractivity contribution in [1.82, 2.24) is 14.8 Å². The normalized spacial score (nSPS) is 13.9. The average molecular weight is 595 g/mol. The van der Waals surface area contributed by atoms with Gasteiger partial charge in [0.2, 0.25) is 5.91 Å². The molecule has 44 heavy (non-hydrogen) atoms. The van der Waals surface area contributed by atoms with Gasteiger partial charge in [0.25, 0.3) is 5.91 Å². The first-order valence-electron chi connectivity index (χ1n) is 15.1. The fraction of sp³-hybridized carbons (Fsp3) is 0.324. The summed E-state index contributed by atoms with van der Waals surface area (Å²) in [5, 5.41) is 2.91. The van der Waals surface area contributed by atoms with Crippen molar-refractivity contribution in [3.63, 3.8) is 0 Å². The van der Waals surface area contributed by atoms with E-state index in [1.54, 1.807) is 29.3 Å². The highest BCUT2D eigenvalue weighted by atomic mass is 16.6. The quantitative estimate of drug-likeness (QED) is 0.339. The molecule has 228 valence electrons. The van der Waals surface area contributed by atoms with E-state index in [0.717, 1.165) is 35.2 Å². The molecule has 0 atom stereocenters. The number of rotatable bonds is 9. The van der Waals surface area contributed by atoms with Gasteiger partial charge in [-0.1, -0.05) is 50.2 Å². The maximum Gasteiger partial charge on any atom is 0.410 e. The minimum absolute atomic E-state index is 0.0375. The van der Waals surface area contributed by atoms with E-state index < -0.39 is 0 Å². The minimum Gasteiger partial charge on any atom is -0.445 e. The number of aliphatic imine (C=N–C) groups is 1. The van der Waals surface area contributed by atoms with E-state index in [9.17, 15) is 14.4 Å². The number of amidine groups is 1. The molecule has 0 radical (unpaired) electrons. The standard InChI is InChI=1S/C34H38N6O4/c1-3-13-39(14-4-2)33(42)26-16-24-10-11-25(18-30(24)38-31(35)19-26)32(41)37-28-17-27-21-40(15-12-29(27)36-20-28)34(43)44-22-23-8-6-5-7-9-23/h5-11,16-18,20H,3-4,12-15,19,21-22H2,1-2H3,(H2,35,38)(H,37,41). The van der Waals surface area contributed by atoms with Crippen LogP contribution in [0.3, 0.4) is 0 Å². The van der Waals surface area contributed by atoms with Gasteiger partial charge in [-0.3, -0.25) is 14.6 Å². The molecule has 0 spiro atoms. The lowest BCUT2D eigenvalue weighted by Crippen LogP contribution is -2.36. The molecule has 1 aromatic heterocycles. The van der Waals surface area contributed by atoms with Crippen molar-refractivity contribution in [1.29, 1.82) is 0 Å². The van der Waals surface area contributed by atoms with E-state index in [-0.39, 0.29) is 30.9 Å². The smallest absolute Gasteiger partial charge is 0.410 e. The highest BCUT2D eigenvalue weighted by molar-refractivity contribution is 6.08. The molecule has 3 amide bonds. The topological polar surface area (TPSA) is 130 Å². The minimum atomic E-state index is -0.388. The molecule has 0 unspecified atom stereocenters. The summed E-state index contributed by atoms with van der Waals surface area (Å²) in [6.45, 7) is 6.52. The third kappa shape index (κ3) is 7.31. The Morgan fingerprint density at radius 2 is 1.82 bits per heavy atom. The third-order valence-corrected chi connectivity index (χ3v) is 7.57. The number of ether oxygens (including phenoxy) is 1. The van der Waals surface area contributed by atoms with E-state index in [2.05, 4.69) is 15.3 Å². The maximum absolute atomic E-state index is 13.3. The van der Waals surface area contributed by atoms with Crippen LogP contribution >= 0.6 is 0 Å². The summed E-state index contributed by atoms with van der Waals surface area (Å²) in [5.74, 6) is -0.0519. The number of hydrogen-bond donors (Lipinski definition) is 2. The van der Waals surface area contributed by atoms with Crippen molar-refractivity contribution in [2.75, 3.05) is 25.0 Å². The molecule has 3 N–H and O–H groups in total. The number of nitrogens with zero attached hydrogens (tertiary/aromatic N) is 4. The van der Waals surface area contributed by atoms with Crippen LogP contribution < -0.4 is 11.1 Å². The molecule has 0 saturated carbocycles. The van der Waals surface area contributed by atoms with Crippen LogP contribution in [0.4, 0.5) is 16.2 Å². The van der Waals surface area contributed by atoms with Gasteiger partial charge < -0.3 is 25.6 Å². The Hall–Kier alpha value is -4.99. The van der Waals surface area contributed by atoms with Gasteiger partial charge in [0.1, 0.15) is 12.4 Å². The molecule has 0 fully saturated rings. The van der Waals surface area contributed by atoms with E-state index >= 15 is 0 Å². The summed E-state index contributed by atoms with van der Waals surface area (Å²) in [4.78, 5) is 51.8. The van der Waals surface area contributed by atoms with Crippen molar-refractivity contribution >= 4 is 41.2 Å². The zero-order valence-corrected chi connectivity index (χ0v) is 25.2. The van der Waals surface area contributed by atoms with Crippen molar-refractivity contribution < 1.29 is 19.1 Å². The summed E-state index contributed by atoms with van der Waals surface area (Å²) in [5.41, 5.74) is 11.6. The number of nitrogens with one attached hydrogen (secondary N) is 1. The monoisotopic (exact) mass is 594 g/mol. The number of aromatic nitrogens is 1. The molecule has 3 heterocycles. The van der Waals surface area contributed by atoms with Gasteiger partial charge in [0.15, 0.2) is 0 Å². The van der Waals surface area contributed by atoms with Gasteiger partial charge in [-0.25, -0.2) is 9.79 Å². The number of carbonyl (C=O) groups is 3. The summed E-state index contributed by atoms with van der Waals surface area (Å²) in [7, 11) is 0. The molecule has 2 aliphatic rings. The van der Waals surface area contributed by atoms with Crippen molar-refractivity contribution in [3.8, 4) is 0 Å². The Bertz CT molecular complexity index is 1590. The van der Waals surface area contributed by atoms with Gasteiger partial charge in [-0.2, -0.15) is 0 Å². The molecular weight excluding hydrogens is 556 g/mol. The second-order valence-corrected chi connectivity index (χ2v) is 11.0. The third-order valence-electron chi connectivity index (χ3n) is 7.57. The number of amides is 3. The van der Waals surface area contributed by atoms with Gasteiger partial charge >= 0.3 is 6.09 Å². The summed E-state index contributed by atoms with van der Waals surface area (Å²) in [6.07, 6.45) is 5.65. The van der Waals surface area contributed by atoms with Crippen LogP contribution in [0, 0.1) is 0 Å². The SMILES string of the molecule is CCCN(CCC)C(=O)C1=Cc2ccc(C(=O)Nc3cnc4c(c3)CN(C(=O)OCc3ccccc3)CC4)cc2N=C(N)C1. The molecule has 0 bridgehead atoms. The number of benzene rings is 2. The number of pyridine rings is 1. The number of anilines is 1. The number of fused-ring (bicyclic) bond motifs is 2. The van der Waals surface area contributed by atoms with Gasteiger partial charge in [0.05, 0.1) is 24.1 Å². The highest BCUT2D eigenvalue weighted by Gasteiger charge is 2.24. The summed E-state index contributed by atoms with van der Waals surface area (Å²) < 4.78 is 5.50. The lowest BCUT2D eigenvalue weighted by Gasteiger charge is -2.27. The fourth-order valence-corrected chi connectivity index (χ4v) is 5.39. The molecule has 10 nitrogen and oxygen atoms in total. The Morgan fingerprint density at radius 1 is 1.05 bits per heavy atom. The van der Waals surface area contributed by atoms with Crippen LogP contribution in [0.5, 0.6) is 0 Å². The Balaban J connectivity index is 1.27. The Morgan fingerprint density at radius 3 is 2.57 bits per heavy atom. The van der Waals surface area contributed by atoms with Gasteiger partial charge in [-0.05, 0) is 48.2 Å². The maximum atomic E-state index is 13.3. The highest BCUT2D eigenvalue weighted by Crippen LogP contribution is 2.29. The molecular formula is C34H38N6O4. The van der Waals surface area contributed by atoms with Crippen LogP contribution in [0.1, 0.15) is 65.9 Å². The van der Waals surface area contributed by atoms with Crippen LogP contribution in [0.15, 0.2) is 71.4 Å². The summed E-state index contributed by atoms with van der Waals surface area (Å²) >= 11 is 0. The van der Waals surface area contributed by atoms with E-state index in [1.165, 1.54) is 0 Å². The lowest BCUT2D eigenvalue weighted by molar-refractivity contribution is -0.127. The van der Waals surface area contributed by atoms with Crippen LogP contribution in [-0.4, -0.2) is 58.2 Å². The lowest BCUT2D eigenvalue weighted by atomic mass is 10.0. The first-order valence-corrected chi connectivity index (χ1v) is 15.1. The predicted molar refractivity (Wildman–Crippen MR) is 170 cm³/mol. The largest absolute Gasteiger partial charge is 0.445 e. The summed E-state index contributed by atoms with van der Waals surface area (Å²) in [6, 6.07) is 16.6. The first kappa shape index (κ1) is 30.5. The van der Waals surface area contributed by atoms with Crippen molar-refractivity contribution in [2.45, 2.75) is 52.7 Å². The number of carbonyl (C=O) groups excluding carboxylic acids is 3.